The molecule has 0 saturated carbocycles. The minimum absolute atomic E-state index is 0. The van der Waals surface area contributed by atoms with Gasteiger partial charge in [-0.2, -0.15) is 0 Å². The van der Waals surface area contributed by atoms with Gasteiger partial charge >= 0.3 is 5.97 Å². The third-order valence-electron chi connectivity index (χ3n) is 4.47. The molecule has 2 atom stereocenters. The van der Waals surface area contributed by atoms with Crippen molar-refractivity contribution in [1.29, 1.82) is 0 Å². The van der Waals surface area contributed by atoms with Crippen molar-refractivity contribution in [2.45, 2.75) is 18.5 Å². The monoisotopic (exact) mass is 383 g/mol. The van der Waals surface area contributed by atoms with Crippen LogP contribution in [-0.2, 0) is 16.0 Å². The second kappa shape index (κ2) is 8.29. The first kappa shape index (κ1) is 19.9. The smallest absolute Gasteiger partial charge is 0.365 e. The van der Waals surface area contributed by atoms with Gasteiger partial charge < -0.3 is 41.7 Å². The van der Waals surface area contributed by atoms with Crippen LogP contribution in [0.3, 0.4) is 0 Å². The average molecular weight is 384 g/mol. The molecule has 2 aromatic rings. The number of methoxy groups -OCH3 is 4. The fraction of sp³-hybridized carbons (Fsp3) is 0.412. The number of H-pyrrole nitrogens is 1. The number of nitrogens with two attached hydrogens (primary N) is 1. The molecule has 0 radical (unpaired) electrons. The number of nitrogens with one attached hydrogen (secondary N) is 1. The number of carbonyl (C=O) groups is 1. The van der Waals surface area contributed by atoms with Gasteiger partial charge in [0.2, 0.25) is 5.75 Å². The van der Waals surface area contributed by atoms with E-state index in [1.807, 2.05) is 17.4 Å². The number of aromatic nitrogens is 2. The number of fused-ring (bicyclic) bond motifs is 1. The summed E-state index contributed by atoms with van der Waals surface area (Å²) in [5, 5.41) is 1.94. The van der Waals surface area contributed by atoms with Crippen LogP contribution in [0, 0.1) is 0 Å². The number of carbonyl (C=O) groups excluding carboxylic acids is 1. The van der Waals surface area contributed by atoms with Crippen LogP contribution in [-0.4, -0.2) is 50.4 Å². The number of esters is 1. The van der Waals surface area contributed by atoms with Gasteiger partial charge in [-0.05, 0) is 12.1 Å². The molecule has 0 bridgehead atoms. The second-order valence-electron chi connectivity index (χ2n) is 5.69. The Kier molecular flexibility index (Phi) is 6.33. The predicted molar refractivity (Wildman–Crippen MR) is 88.0 cm³/mol. The van der Waals surface area contributed by atoms with Crippen molar-refractivity contribution in [2.75, 3.05) is 28.4 Å². The molecule has 2 unspecified atom stereocenters. The van der Waals surface area contributed by atoms with Gasteiger partial charge in [0.05, 0.1) is 52.4 Å². The standard InChI is InChI=1S/C17H21N3O5.ClH/c1-22-12-6-5-9(15(23-2)16(12)24-3)13-14-10(18-8-19-14)7-11(20-13)17(21)25-4;/h5-6,8,11,13,20H,7H2,1-4H3,(H,18,19);1H. The van der Waals surface area contributed by atoms with Crippen LogP contribution in [0.4, 0.5) is 0 Å². The summed E-state index contributed by atoms with van der Waals surface area (Å²) in [6, 6.07) is 3.13. The van der Waals surface area contributed by atoms with Crippen LogP contribution in [0.15, 0.2) is 18.5 Å². The van der Waals surface area contributed by atoms with E-state index in [4.69, 9.17) is 18.9 Å². The summed E-state index contributed by atoms with van der Waals surface area (Å²) in [5.41, 5.74) is 2.63. The molecule has 3 N–H and O–H groups in total. The molecule has 9 heteroatoms. The minimum Gasteiger partial charge on any atom is -1.00 e. The zero-order valence-electron chi connectivity index (χ0n) is 15.0. The Morgan fingerprint density at radius 3 is 2.50 bits per heavy atom. The lowest BCUT2D eigenvalue weighted by Crippen LogP contribution is -3.00. The van der Waals surface area contributed by atoms with Crippen LogP contribution in [0.1, 0.15) is 23.0 Å². The number of hydrogen-bond donors (Lipinski definition) is 2. The Hall–Kier alpha value is -2.45. The number of halogens is 1. The third-order valence-corrected chi connectivity index (χ3v) is 4.47. The van der Waals surface area contributed by atoms with Gasteiger partial charge in [0, 0.05) is 0 Å². The zero-order chi connectivity index (χ0) is 18.0. The SMILES string of the molecule is COC(=O)C1Cc2[nH]cnc2C(c2ccc(OC)c(OC)c2OC)[NH2+]1.[Cl-]. The highest BCUT2D eigenvalue weighted by Crippen LogP contribution is 2.43. The average Bonchev–Trinajstić information content (AvgIpc) is 3.13. The van der Waals surface area contributed by atoms with Gasteiger partial charge in [-0.1, -0.05) is 0 Å². The molecule has 0 saturated heterocycles. The first-order chi connectivity index (χ1) is 12.1. The van der Waals surface area contributed by atoms with Gasteiger partial charge in [-0.25, -0.2) is 9.78 Å². The molecular formula is C17H22ClN3O5. The van der Waals surface area contributed by atoms with Crippen LogP contribution in [0.2, 0.25) is 0 Å². The van der Waals surface area contributed by atoms with Crippen molar-refractivity contribution in [3.63, 3.8) is 0 Å². The van der Waals surface area contributed by atoms with Gasteiger partial charge in [0.1, 0.15) is 5.69 Å². The van der Waals surface area contributed by atoms with Crippen molar-refractivity contribution >= 4 is 5.97 Å². The van der Waals surface area contributed by atoms with E-state index in [0.29, 0.717) is 23.7 Å². The molecule has 8 nitrogen and oxygen atoms in total. The number of rotatable bonds is 5. The quantitative estimate of drug-likeness (QED) is 0.541. The molecule has 1 aromatic heterocycles. The number of hydrogen-bond acceptors (Lipinski definition) is 6. The molecular weight excluding hydrogens is 362 g/mol. The van der Waals surface area contributed by atoms with E-state index >= 15 is 0 Å². The van der Waals surface area contributed by atoms with Gasteiger partial charge in [0.25, 0.3) is 0 Å². The normalized spacial score (nSPS) is 18.3. The maximum absolute atomic E-state index is 12.1. The molecule has 1 aliphatic heterocycles. The molecule has 1 aliphatic rings. The Balaban J connectivity index is 0.00000243. The van der Waals surface area contributed by atoms with E-state index in [1.165, 1.54) is 7.11 Å². The van der Waals surface area contributed by atoms with E-state index < -0.39 is 0 Å². The number of imidazole rings is 1. The minimum atomic E-state index is -0.360. The number of ether oxygens (including phenoxy) is 4. The Bertz CT molecular complexity index is 780. The van der Waals surface area contributed by atoms with Crippen molar-refractivity contribution < 1.29 is 41.5 Å². The lowest BCUT2D eigenvalue weighted by Gasteiger charge is -2.27. The van der Waals surface area contributed by atoms with E-state index in [1.54, 1.807) is 27.7 Å². The summed E-state index contributed by atoms with van der Waals surface area (Å²) in [7, 11) is 6.10. The van der Waals surface area contributed by atoms with E-state index in [9.17, 15) is 4.79 Å². The first-order valence-electron chi connectivity index (χ1n) is 7.88. The fourth-order valence-corrected chi connectivity index (χ4v) is 3.31. The summed E-state index contributed by atoms with van der Waals surface area (Å²) in [5.74, 6) is 1.37. The first-order valence-corrected chi connectivity index (χ1v) is 7.88. The lowest BCUT2D eigenvalue weighted by molar-refractivity contribution is -0.712. The highest BCUT2D eigenvalue weighted by molar-refractivity contribution is 5.74. The van der Waals surface area contributed by atoms with Crippen LogP contribution in [0.25, 0.3) is 0 Å². The Labute approximate surface area is 157 Å². The van der Waals surface area contributed by atoms with Crippen molar-refractivity contribution in [3.05, 3.63) is 35.4 Å². The van der Waals surface area contributed by atoms with Crippen LogP contribution >= 0.6 is 0 Å². The number of aromatic amines is 1. The van der Waals surface area contributed by atoms with Crippen LogP contribution < -0.4 is 31.9 Å². The molecule has 2 heterocycles. The topological polar surface area (TPSA) is 99.3 Å². The van der Waals surface area contributed by atoms with Gasteiger partial charge in [-0.15, -0.1) is 0 Å². The van der Waals surface area contributed by atoms with Crippen molar-refractivity contribution in [1.82, 2.24) is 9.97 Å². The largest absolute Gasteiger partial charge is 1.00 e. The van der Waals surface area contributed by atoms with E-state index in [-0.39, 0.29) is 30.5 Å². The summed E-state index contributed by atoms with van der Waals surface area (Å²) < 4.78 is 21.3. The highest BCUT2D eigenvalue weighted by atomic mass is 35.5. The number of benzene rings is 1. The van der Waals surface area contributed by atoms with Crippen molar-refractivity contribution in [3.8, 4) is 17.2 Å². The zero-order valence-corrected chi connectivity index (χ0v) is 15.8. The second-order valence-corrected chi connectivity index (χ2v) is 5.69. The van der Waals surface area contributed by atoms with Crippen LogP contribution in [0.5, 0.6) is 17.2 Å². The van der Waals surface area contributed by atoms with Gasteiger partial charge in [0.15, 0.2) is 23.6 Å². The third kappa shape index (κ3) is 3.30. The number of nitrogens with zero attached hydrogens (tertiary/aromatic N) is 1. The summed E-state index contributed by atoms with van der Waals surface area (Å²) >= 11 is 0. The number of quaternary nitrogens is 1. The molecule has 0 spiro atoms. The van der Waals surface area contributed by atoms with Gasteiger partial charge in [-0.3, -0.25) is 0 Å². The molecule has 1 aromatic carbocycles. The Morgan fingerprint density at radius 2 is 1.88 bits per heavy atom. The summed E-state index contributed by atoms with van der Waals surface area (Å²) in [4.78, 5) is 19.7. The van der Waals surface area contributed by atoms with Crippen molar-refractivity contribution in [2.24, 2.45) is 0 Å². The molecule has 142 valence electrons. The summed E-state index contributed by atoms with van der Waals surface area (Å²) in [6.45, 7) is 0. The van der Waals surface area contributed by atoms with E-state index in [2.05, 4.69) is 9.97 Å². The molecule has 0 aliphatic carbocycles. The maximum atomic E-state index is 12.1. The maximum Gasteiger partial charge on any atom is 0.365 e. The predicted octanol–water partition coefficient (Wildman–Crippen LogP) is -2.81. The fourth-order valence-electron chi connectivity index (χ4n) is 3.31. The lowest BCUT2D eigenvalue weighted by atomic mass is 9.93. The summed E-state index contributed by atoms with van der Waals surface area (Å²) in [6.07, 6.45) is 2.17. The van der Waals surface area contributed by atoms with E-state index in [0.717, 1.165) is 17.0 Å². The Morgan fingerprint density at radius 1 is 1.15 bits per heavy atom. The molecule has 26 heavy (non-hydrogen) atoms. The molecule has 0 amide bonds. The highest BCUT2D eigenvalue weighted by Gasteiger charge is 2.39. The molecule has 3 rings (SSSR count). The molecule has 0 fully saturated rings.